The summed E-state index contributed by atoms with van der Waals surface area (Å²) in [4.78, 5) is 4.73. The standard InChI is InChI=1S/C18H13NO/c1-3-9-16-14(7-1)15-8-2-4-10-17(15)18(16)19-12-13-6-5-11-20-13/h1-12,18H. The van der Waals surface area contributed by atoms with Gasteiger partial charge in [0.15, 0.2) is 0 Å². The third-order valence-electron chi connectivity index (χ3n) is 3.69. The Balaban J connectivity index is 1.83. The van der Waals surface area contributed by atoms with Gasteiger partial charge in [0.05, 0.1) is 12.5 Å². The van der Waals surface area contributed by atoms with Gasteiger partial charge in [-0.3, -0.25) is 4.99 Å². The fourth-order valence-corrected chi connectivity index (χ4v) is 2.80. The average Bonchev–Trinajstić information content (AvgIpc) is 3.11. The lowest BCUT2D eigenvalue weighted by Crippen LogP contribution is -1.93. The number of aliphatic imine (C=N–C) groups is 1. The number of hydrogen-bond acceptors (Lipinski definition) is 2. The maximum absolute atomic E-state index is 5.32. The maximum Gasteiger partial charge on any atom is 0.144 e. The minimum atomic E-state index is 0.0625. The molecule has 0 amide bonds. The number of fused-ring (bicyclic) bond motifs is 3. The van der Waals surface area contributed by atoms with Gasteiger partial charge in [0.1, 0.15) is 11.8 Å². The van der Waals surface area contributed by atoms with Crippen molar-refractivity contribution < 1.29 is 4.42 Å². The summed E-state index contributed by atoms with van der Waals surface area (Å²) in [5.74, 6) is 0.784. The van der Waals surface area contributed by atoms with E-state index in [2.05, 4.69) is 48.5 Å². The molecule has 0 unspecified atom stereocenters. The molecule has 2 heteroatoms. The Labute approximate surface area is 117 Å². The lowest BCUT2D eigenvalue weighted by molar-refractivity contribution is 0.559. The molecule has 0 atom stereocenters. The molecule has 96 valence electrons. The molecular weight excluding hydrogens is 246 g/mol. The van der Waals surface area contributed by atoms with Crippen LogP contribution in [0.25, 0.3) is 11.1 Å². The second-order valence-corrected chi connectivity index (χ2v) is 4.87. The lowest BCUT2D eigenvalue weighted by Gasteiger charge is -2.07. The van der Waals surface area contributed by atoms with Crippen molar-refractivity contribution in [2.45, 2.75) is 6.04 Å². The van der Waals surface area contributed by atoms with E-state index in [1.165, 1.54) is 22.3 Å². The zero-order valence-electron chi connectivity index (χ0n) is 10.9. The number of furan rings is 1. The summed E-state index contributed by atoms with van der Waals surface area (Å²) in [7, 11) is 0. The van der Waals surface area contributed by atoms with Crippen molar-refractivity contribution >= 4 is 6.21 Å². The molecule has 1 aliphatic carbocycles. The monoisotopic (exact) mass is 259 g/mol. The van der Waals surface area contributed by atoms with Gasteiger partial charge in [-0.15, -0.1) is 0 Å². The minimum Gasteiger partial charge on any atom is -0.463 e. The van der Waals surface area contributed by atoms with Crippen LogP contribution in [0.1, 0.15) is 22.9 Å². The SMILES string of the molecule is C(=NC1c2ccccc2-c2ccccc21)c1ccco1. The number of nitrogens with zero attached hydrogens (tertiary/aromatic N) is 1. The number of hydrogen-bond donors (Lipinski definition) is 0. The Hall–Kier alpha value is -2.61. The Morgan fingerprint density at radius 3 is 2.05 bits per heavy atom. The zero-order chi connectivity index (χ0) is 13.4. The zero-order valence-corrected chi connectivity index (χ0v) is 10.9. The van der Waals surface area contributed by atoms with Gasteiger partial charge in [-0.05, 0) is 34.4 Å². The van der Waals surface area contributed by atoms with Gasteiger partial charge in [0, 0.05) is 0 Å². The largest absolute Gasteiger partial charge is 0.463 e. The van der Waals surface area contributed by atoms with Crippen molar-refractivity contribution in [2.24, 2.45) is 4.99 Å². The molecule has 1 aliphatic rings. The fourth-order valence-electron chi connectivity index (χ4n) is 2.80. The van der Waals surface area contributed by atoms with Crippen molar-refractivity contribution in [3.05, 3.63) is 83.8 Å². The molecular formula is C18H13NO. The Morgan fingerprint density at radius 2 is 1.45 bits per heavy atom. The van der Waals surface area contributed by atoms with Crippen LogP contribution >= 0.6 is 0 Å². The Bertz CT molecular complexity index is 726. The highest BCUT2D eigenvalue weighted by Crippen LogP contribution is 2.44. The summed E-state index contributed by atoms with van der Waals surface area (Å²) >= 11 is 0. The summed E-state index contributed by atoms with van der Waals surface area (Å²) in [6.07, 6.45) is 3.47. The van der Waals surface area contributed by atoms with Gasteiger partial charge >= 0.3 is 0 Å². The third-order valence-corrected chi connectivity index (χ3v) is 3.69. The number of rotatable bonds is 2. The maximum atomic E-state index is 5.32. The van der Waals surface area contributed by atoms with Crippen LogP contribution in [0, 0.1) is 0 Å². The van der Waals surface area contributed by atoms with Gasteiger partial charge in [-0.1, -0.05) is 48.5 Å². The van der Waals surface area contributed by atoms with Gasteiger partial charge < -0.3 is 4.42 Å². The molecule has 0 spiro atoms. The molecule has 0 bridgehead atoms. The fraction of sp³-hybridized carbons (Fsp3) is 0.0556. The van der Waals surface area contributed by atoms with Crippen LogP contribution in [-0.2, 0) is 0 Å². The molecule has 0 fully saturated rings. The Kier molecular flexibility index (Phi) is 2.52. The highest BCUT2D eigenvalue weighted by atomic mass is 16.3. The van der Waals surface area contributed by atoms with E-state index in [0.717, 1.165) is 5.76 Å². The van der Waals surface area contributed by atoms with Crippen LogP contribution in [0.3, 0.4) is 0 Å². The molecule has 0 saturated heterocycles. The first kappa shape index (κ1) is 11.2. The highest BCUT2D eigenvalue weighted by molar-refractivity contribution is 5.81. The van der Waals surface area contributed by atoms with Crippen LogP contribution in [0.5, 0.6) is 0 Å². The molecule has 0 saturated carbocycles. The quantitative estimate of drug-likeness (QED) is 0.623. The molecule has 1 aromatic heterocycles. The molecule has 0 N–H and O–H groups in total. The van der Waals surface area contributed by atoms with Crippen LogP contribution in [0.4, 0.5) is 0 Å². The predicted octanol–water partition coefficient (Wildman–Crippen LogP) is 4.47. The second-order valence-electron chi connectivity index (χ2n) is 4.87. The molecule has 0 radical (unpaired) electrons. The van der Waals surface area contributed by atoms with Crippen LogP contribution in [0.15, 0.2) is 76.3 Å². The summed E-state index contributed by atoms with van der Waals surface area (Å²) in [5.41, 5.74) is 5.09. The van der Waals surface area contributed by atoms with Crippen LogP contribution in [-0.4, -0.2) is 6.21 Å². The first-order valence-electron chi connectivity index (χ1n) is 6.68. The normalized spacial score (nSPS) is 13.6. The topological polar surface area (TPSA) is 25.5 Å². The van der Waals surface area contributed by atoms with Crippen molar-refractivity contribution in [3.8, 4) is 11.1 Å². The molecule has 20 heavy (non-hydrogen) atoms. The van der Waals surface area contributed by atoms with E-state index in [-0.39, 0.29) is 6.04 Å². The van der Waals surface area contributed by atoms with Gasteiger partial charge in [-0.25, -0.2) is 0 Å². The van der Waals surface area contributed by atoms with E-state index in [1.807, 2.05) is 18.3 Å². The average molecular weight is 259 g/mol. The van der Waals surface area contributed by atoms with Crippen molar-refractivity contribution in [1.29, 1.82) is 0 Å². The molecule has 2 nitrogen and oxygen atoms in total. The Morgan fingerprint density at radius 1 is 0.800 bits per heavy atom. The second kappa shape index (κ2) is 4.49. The highest BCUT2D eigenvalue weighted by Gasteiger charge is 2.26. The van der Waals surface area contributed by atoms with Crippen molar-refractivity contribution in [3.63, 3.8) is 0 Å². The molecule has 3 aromatic rings. The van der Waals surface area contributed by atoms with Gasteiger partial charge in [0.25, 0.3) is 0 Å². The predicted molar refractivity (Wildman–Crippen MR) is 80.0 cm³/mol. The van der Waals surface area contributed by atoms with E-state index < -0.39 is 0 Å². The van der Waals surface area contributed by atoms with E-state index in [4.69, 9.17) is 9.41 Å². The number of benzene rings is 2. The molecule has 4 rings (SSSR count). The molecule has 0 aliphatic heterocycles. The van der Waals surface area contributed by atoms with Crippen molar-refractivity contribution in [2.75, 3.05) is 0 Å². The minimum absolute atomic E-state index is 0.0625. The van der Waals surface area contributed by atoms with Gasteiger partial charge in [-0.2, -0.15) is 0 Å². The van der Waals surface area contributed by atoms with E-state index in [9.17, 15) is 0 Å². The summed E-state index contributed by atoms with van der Waals surface area (Å²) in [6, 6.07) is 20.8. The van der Waals surface area contributed by atoms with Crippen LogP contribution < -0.4 is 0 Å². The van der Waals surface area contributed by atoms with E-state index in [1.54, 1.807) is 6.26 Å². The lowest BCUT2D eigenvalue weighted by atomic mass is 10.1. The van der Waals surface area contributed by atoms with E-state index >= 15 is 0 Å². The molecule has 2 aromatic carbocycles. The smallest absolute Gasteiger partial charge is 0.144 e. The first-order valence-corrected chi connectivity index (χ1v) is 6.68. The third kappa shape index (κ3) is 1.69. The first-order chi connectivity index (χ1) is 9.93. The molecule has 1 heterocycles. The van der Waals surface area contributed by atoms with Gasteiger partial charge in [0.2, 0.25) is 0 Å². The van der Waals surface area contributed by atoms with E-state index in [0.29, 0.717) is 0 Å². The summed E-state index contributed by atoms with van der Waals surface area (Å²) in [5, 5.41) is 0. The van der Waals surface area contributed by atoms with Crippen molar-refractivity contribution in [1.82, 2.24) is 0 Å². The van der Waals surface area contributed by atoms with Crippen LogP contribution in [0.2, 0.25) is 0 Å². The summed E-state index contributed by atoms with van der Waals surface area (Å²) in [6.45, 7) is 0. The summed E-state index contributed by atoms with van der Waals surface area (Å²) < 4.78 is 5.32.